The number of nitrogens with zero attached hydrogens (tertiary/aromatic N) is 1. The highest BCUT2D eigenvalue weighted by Crippen LogP contribution is 2.29. The van der Waals surface area contributed by atoms with Crippen molar-refractivity contribution in [1.29, 1.82) is 0 Å². The minimum absolute atomic E-state index is 0.116. The molecule has 1 atom stereocenters. The molecule has 0 spiro atoms. The van der Waals surface area contributed by atoms with Crippen molar-refractivity contribution in [3.63, 3.8) is 0 Å². The molecular formula is C20H22Cl2N2O4S. The summed E-state index contributed by atoms with van der Waals surface area (Å²) in [5.74, 6) is -0.107. The molecule has 2 aromatic rings. The number of aryl methyl sites for hydroxylation is 1. The van der Waals surface area contributed by atoms with Gasteiger partial charge < -0.3 is 10.1 Å². The summed E-state index contributed by atoms with van der Waals surface area (Å²) in [6.45, 7) is 2.28. The first kappa shape index (κ1) is 21.9. The Hall–Kier alpha value is -1.80. The van der Waals surface area contributed by atoms with Crippen LogP contribution in [0.1, 0.15) is 18.4 Å². The normalized spacial score (nSPS) is 17.7. The number of hydrogen-bond acceptors (Lipinski definition) is 4. The van der Waals surface area contributed by atoms with Crippen LogP contribution < -0.4 is 10.1 Å². The Kier molecular flexibility index (Phi) is 6.73. The summed E-state index contributed by atoms with van der Waals surface area (Å²) in [4.78, 5) is 12.9. The Morgan fingerprint density at radius 2 is 1.97 bits per heavy atom. The summed E-state index contributed by atoms with van der Waals surface area (Å²) in [7, 11) is -2.17. The van der Waals surface area contributed by atoms with Crippen LogP contribution >= 0.6 is 23.2 Å². The topological polar surface area (TPSA) is 75.7 Å². The van der Waals surface area contributed by atoms with Crippen LogP contribution in [-0.2, 0) is 14.8 Å². The van der Waals surface area contributed by atoms with Crippen LogP contribution in [0.2, 0.25) is 10.0 Å². The number of anilines is 1. The SMILES string of the molecule is COc1ccc(S(=O)(=O)N2CCC[C@H](C(=O)Nc3ccc(Cl)cc3Cl)C2)cc1C. The van der Waals surface area contributed by atoms with Crippen LogP contribution in [0.25, 0.3) is 0 Å². The lowest BCUT2D eigenvalue weighted by molar-refractivity contribution is -0.120. The van der Waals surface area contributed by atoms with Crippen molar-refractivity contribution in [1.82, 2.24) is 4.31 Å². The minimum Gasteiger partial charge on any atom is -0.496 e. The van der Waals surface area contributed by atoms with E-state index in [-0.39, 0.29) is 17.3 Å². The fraction of sp³-hybridized carbons (Fsp3) is 0.350. The predicted octanol–water partition coefficient (Wildman–Crippen LogP) is 4.35. The molecule has 0 bridgehead atoms. The van der Waals surface area contributed by atoms with E-state index in [9.17, 15) is 13.2 Å². The maximum Gasteiger partial charge on any atom is 0.243 e. The second-order valence-electron chi connectivity index (χ2n) is 6.95. The highest BCUT2D eigenvalue weighted by Gasteiger charge is 2.33. The lowest BCUT2D eigenvalue weighted by atomic mass is 9.99. The van der Waals surface area contributed by atoms with Crippen molar-refractivity contribution in [2.45, 2.75) is 24.7 Å². The molecule has 0 radical (unpaired) electrons. The monoisotopic (exact) mass is 456 g/mol. The Morgan fingerprint density at radius 3 is 2.62 bits per heavy atom. The molecule has 6 nitrogen and oxygen atoms in total. The Balaban J connectivity index is 1.75. The third-order valence-corrected chi connectivity index (χ3v) is 7.36. The van der Waals surface area contributed by atoms with Gasteiger partial charge in [0.15, 0.2) is 0 Å². The molecule has 0 aliphatic carbocycles. The van der Waals surface area contributed by atoms with Crippen LogP contribution in [0, 0.1) is 12.8 Å². The number of halogens is 2. The molecule has 0 aromatic heterocycles. The van der Waals surface area contributed by atoms with Crippen molar-refractivity contribution < 1.29 is 17.9 Å². The zero-order chi connectivity index (χ0) is 21.2. The quantitative estimate of drug-likeness (QED) is 0.725. The Labute approximate surface area is 180 Å². The third-order valence-electron chi connectivity index (χ3n) is 4.95. The molecular weight excluding hydrogens is 435 g/mol. The summed E-state index contributed by atoms with van der Waals surface area (Å²) >= 11 is 12.0. The van der Waals surface area contributed by atoms with Gasteiger partial charge in [-0.1, -0.05) is 23.2 Å². The number of carbonyl (C=O) groups is 1. The number of ether oxygens (including phenoxy) is 1. The molecule has 29 heavy (non-hydrogen) atoms. The number of sulfonamides is 1. The average molecular weight is 457 g/mol. The molecule has 9 heteroatoms. The summed E-state index contributed by atoms with van der Waals surface area (Å²) in [5, 5.41) is 3.58. The molecule has 1 N–H and O–H groups in total. The lowest BCUT2D eigenvalue weighted by Crippen LogP contribution is -2.43. The maximum absolute atomic E-state index is 13.1. The number of methoxy groups -OCH3 is 1. The lowest BCUT2D eigenvalue weighted by Gasteiger charge is -2.31. The number of nitrogens with one attached hydrogen (secondary N) is 1. The van der Waals surface area contributed by atoms with Gasteiger partial charge in [-0.25, -0.2) is 8.42 Å². The van der Waals surface area contributed by atoms with Crippen LogP contribution in [0.3, 0.4) is 0 Å². The third kappa shape index (κ3) is 4.86. The number of carbonyl (C=O) groups excluding carboxylic acids is 1. The van der Waals surface area contributed by atoms with Gasteiger partial charge in [0.1, 0.15) is 5.75 Å². The smallest absolute Gasteiger partial charge is 0.243 e. The van der Waals surface area contributed by atoms with E-state index in [1.54, 1.807) is 37.3 Å². The molecule has 1 aliphatic rings. The summed E-state index contributed by atoms with van der Waals surface area (Å²) in [6, 6.07) is 9.55. The predicted molar refractivity (Wildman–Crippen MR) is 114 cm³/mol. The van der Waals surface area contributed by atoms with E-state index in [2.05, 4.69) is 5.32 Å². The van der Waals surface area contributed by atoms with E-state index in [0.717, 1.165) is 5.56 Å². The number of benzene rings is 2. The Morgan fingerprint density at radius 1 is 1.21 bits per heavy atom. The largest absolute Gasteiger partial charge is 0.496 e. The van der Waals surface area contributed by atoms with Crippen molar-refractivity contribution in [3.8, 4) is 5.75 Å². The second-order valence-corrected chi connectivity index (χ2v) is 9.73. The van der Waals surface area contributed by atoms with E-state index in [4.69, 9.17) is 27.9 Å². The van der Waals surface area contributed by atoms with Crippen molar-refractivity contribution in [2.75, 3.05) is 25.5 Å². The molecule has 1 amide bonds. The van der Waals surface area contributed by atoms with Gasteiger partial charge in [-0.15, -0.1) is 0 Å². The summed E-state index contributed by atoms with van der Waals surface area (Å²) < 4.78 is 32.7. The van der Waals surface area contributed by atoms with E-state index in [0.29, 0.717) is 40.9 Å². The van der Waals surface area contributed by atoms with Gasteiger partial charge in [-0.3, -0.25) is 4.79 Å². The first-order valence-electron chi connectivity index (χ1n) is 9.13. The zero-order valence-corrected chi connectivity index (χ0v) is 18.4. The highest BCUT2D eigenvalue weighted by atomic mass is 35.5. The van der Waals surface area contributed by atoms with E-state index in [1.165, 1.54) is 17.5 Å². The molecule has 1 heterocycles. The van der Waals surface area contributed by atoms with Gasteiger partial charge in [-0.05, 0) is 61.7 Å². The fourth-order valence-electron chi connectivity index (χ4n) is 3.36. The summed E-state index contributed by atoms with van der Waals surface area (Å²) in [5.41, 5.74) is 1.18. The van der Waals surface area contributed by atoms with Gasteiger partial charge in [0.2, 0.25) is 15.9 Å². The molecule has 3 rings (SSSR count). The second kappa shape index (κ2) is 8.92. The molecule has 0 unspecified atom stereocenters. The number of hydrogen-bond donors (Lipinski definition) is 1. The number of piperidine rings is 1. The molecule has 1 fully saturated rings. The van der Waals surface area contributed by atoms with Crippen molar-refractivity contribution in [2.24, 2.45) is 5.92 Å². The zero-order valence-electron chi connectivity index (χ0n) is 16.1. The number of amides is 1. The average Bonchev–Trinajstić information content (AvgIpc) is 2.70. The highest BCUT2D eigenvalue weighted by molar-refractivity contribution is 7.89. The molecule has 1 aliphatic heterocycles. The van der Waals surface area contributed by atoms with Gasteiger partial charge in [-0.2, -0.15) is 4.31 Å². The first-order valence-corrected chi connectivity index (χ1v) is 11.3. The first-order chi connectivity index (χ1) is 13.7. The van der Waals surface area contributed by atoms with Crippen LogP contribution in [0.15, 0.2) is 41.3 Å². The van der Waals surface area contributed by atoms with Gasteiger partial charge in [0.05, 0.1) is 28.6 Å². The van der Waals surface area contributed by atoms with Crippen molar-refractivity contribution in [3.05, 3.63) is 52.0 Å². The minimum atomic E-state index is -3.71. The summed E-state index contributed by atoms with van der Waals surface area (Å²) in [6.07, 6.45) is 1.20. The van der Waals surface area contributed by atoms with Gasteiger partial charge in [0.25, 0.3) is 0 Å². The van der Waals surface area contributed by atoms with E-state index in [1.807, 2.05) is 0 Å². The van der Waals surface area contributed by atoms with E-state index >= 15 is 0 Å². The van der Waals surface area contributed by atoms with Gasteiger partial charge >= 0.3 is 0 Å². The molecule has 156 valence electrons. The standard InChI is InChI=1S/C20H22Cl2N2O4S/c1-13-10-16(6-8-19(13)28-2)29(26,27)24-9-3-4-14(12-24)20(25)23-18-7-5-15(21)11-17(18)22/h5-8,10-11,14H,3-4,9,12H2,1-2H3,(H,23,25)/t14-/m0/s1. The molecule has 0 saturated carbocycles. The van der Waals surface area contributed by atoms with E-state index < -0.39 is 15.9 Å². The van der Waals surface area contributed by atoms with Crippen LogP contribution in [0.5, 0.6) is 5.75 Å². The number of rotatable bonds is 5. The molecule has 2 aromatic carbocycles. The van der Waals surface area contributed by atoms with Crippen LogP contribution in [-0.4, -0.2) is 38.8 Å². The van der Waals surface area contributed by atoms with Gasteiger partial charge in [0, 0.05) is 18.1 Å². The fourth-order valence-corrected chi connectivity index (χ4v) is 5.43. The van der Waals surface area contributed by atoms with Crippen molar-refractivity contribution >= 4 is 44.8 Å². The van der Waals surface area contributed by atoms with Crippen LogP contribution in [0.4, 0.5) is 5.69 Å². The maximum atomic E-state index is 13.1. The Bertz CT molecular complexity index is 1030. The molecule has 1 saturated heterocycles.